The van der Waals surface area contributed by atoms with Crippen molar-refractivity contribution in [3.8, 4) is 0 Å². The van der Waals surface area contributed by atoms with Gasteiger partial charge in [-0.1, -0.05) is 0 Å². The highest BCUT2D eigenvalue weighted by Gasteiger charge is 1.88. The van der Waals surface area contributed by atoms with E-state index in [9.17, 15) is 0 Å². The maximum absolute atomic E-state index is 7.88. The lowest BCUT2D eigenvalue weighted by atomic mass is 10.9. The fourth-order valence-corrected chi connectivity index (χ4v) is 0. The predicted molar refractivity (Wildman–Crippen MR) is 172 cm³/mol. The molecule has 0 radical (unpaired) electrons. The number of rotatable bonds is 1. The van der Waals surface area contributed by atoms with E-state index in [1.807, 2.05) is 0 Å². The lowest BCUT2D eigenvalue weighted by Gasteiger charge is -1.84. The van der Waals surface area contributed by atoms with Crippen LogP contribution in [-0.2, 0) is 0 Å². The highest BCUT2D eigenvalue weighted by Crippen LogP contribution is 1.96. The fourth-order valence-electron chi connectivity index (χ4n) is 0. The topological polar surface area (TPSA) is 20.2 Å². The van der Waals surface area contributed by atoms with Crippen LogP contribution in [0, 0.1) is 0 Å². The molecule has 0 rings (SSSR count). The second-order valence-electron chi connectivity index (χ2n) is 1.48. The van der Waals surface area contributed by atoms with Crippen LogP contribution in [0.1, 0.15) is 0 Å². The zero-order valence-corrected chi connectivity index (χ0v) is 30.8. The molecular weight excluding hydrogens is 857 g/mol. The Morgan fingerprint density at radius 1 is 0.312 bits per heavy atom. The van der Waals surface area contributed by atoms with Crippen molar-refractivity contribution >= 4 is 232 Å². The third kappa shape index (κ3) is 718. The van der Waals surface area contributed by atoms with Crippen molar-refractivity contribution in [1.29, 1.82) is 0 Å². The molecule has 0 atom stereocenters. The van der Waals surface area contributed by atoms with E-state index in [0.717, 1.165) is 0 Å². The molecule has 0 fully saturated rings. The quantitative estimate of drug-likeness (QED) is 0.260. The van der Waals surface area contributed by atoms with E-state index in [1.165, 1.54) is 0 Å². The Balaban J connectivity index is -0.0000000211. The van der Waals surface area contributed by atoms with Gasteiger partial charge in [-0.05, 0) is 0 Å². The van der Waals surface area contributed by atoms with Gasteiger partial charge in [-0.2, -0.15) is 0 Å². The van der Waals surface area contributed by atoms with Gasteiger partial charge in [0.15, 0.2) is 0 Å². The molecule has 0 unspecified atom stereocenters. The lowest BCUT2D eigenvalue weighted by Crippen LogP contribution is -1.90. The number of hydrogen-bond donors (Lipinski definition) is 1. The van der Waals surface area contributed by atoms with Gasteiger partial charge in [-0.25, -0.2) is 0 Å². The molecule has 1 nitrogen and oxygen atoms in total. The van der Waals surface area contributed by atoms with Gasteiger partial charge in [-0.3, -0.25) is 0 Å². The molecule has 0 aromatic carbocycles. The first-order valence-electron chi connectivity index (χ1n) is 5.97. The van der Waals surface area contributed by atoms with Gasteiger partial charge < -0.3 is 5.11 Å². The largest absolute Gasteiger partial charge is 0.394 e. The van der Waals surface area contributed by atoms with Crippen molar-refractivity contribution in [3.05, 3.63) is 0 Å². The third-order valence-electron chi connectivity index (χ3n) is 0.138. The molecule has 0 aromatic heterocycles. The smallest absolute Gasteiger partial charge is 0.130 e. The average Bonchev–Trinajstić information content (AvgIpc) is 2.67. The molecule has 0 aliphatic rings. The first-order chi connectivity index (χ1) is 15.0. The number of halogens is 20. The van der Waals surface area contributed by atoms with Crippen LogP contribution in [-0.4, -0.2) is 64.6 Å². The van der Waals surface area contributed by atoms with Crippen LogP contribution in [0.2, 0.25) is 0 Å². The Bertz CT molecular complexity index is 101. The highest BCUT2D eigenvalue weighted by molar-refractivity contribution is 6.44. The van der Waals surface area contributed by atoms with Crippen molar-refractivity contribution in [2.75, 3.05) is 54.7 Å². The molecule has 21 heteroatoms. The standard InChI is InChI=1S/C2H4Cl2O.9CH2Cl2/c3-2(4)1-5;9*2-1-3/h2,5H,1H2;9*1H2. The maximum Gasteiger partial charge on any atom is 0.130 e. The third-order valence-corrected chi connectivity index (χ3v) is 0.414. The number of alkyl halides is 20. The second-order valence-corrected chi connectivity index (χ2v) is 10.0. The van der Waals surface area contributed by atoms with Crippen LogP contribution in [0.5, 0.6) is 0 Å². The molecule has 0 heterocycles. The molecule has 0 aliphatic heterocycles. The van der Waals surface area contributed by atoms with Crippen molar-refractivity contribution < 1.29 is 5.11 Å². The number of hydrogen-bond acceptors (Lipinski definition) is 1. The fraction of sp³-hybridized carbons (Fsp3) is 1.00. The molecule has 0 bridgehead atoms. The molecule has 0 saturated carbocycles. The first kappa shape index (κ1) is 66.2. The van der Waals surface area contributed by atoms with Crippen molar-refractivity contribution in [1.82, 2.24) is 0 Å². The Labute approximate surface area is 292 Å². The summed E-state index contributed by atoms with van der Waals surface area (Å²) in [4.78, 5) is -0.616. The Hall–Kier alpha value is 5.76. The molecule has 1 N–H and O–H groups in total. The SMILES string of the molecule is ClCCl.ClCCl.ClCCl.ClCCl.ClCCl.ClCCl.ClCCl.ClCCl.ClCCl.OCC(Cl)Cl. The van der Waals surface area contributed by atoms with Gasteiger partial charge in [0.2, 0.25) is 0 Å². The summed E-state index contributed by atoms with van der Waals surface area (Å²) >= 11 is 95.7. The minimum atomic E-state index is -0.616. The zero-order chi connectivity index (χ0) is 28.6. The summed E-state index contributed by atoms with van der Waals surface area (Å²) in [6.45, 7) is -0.164. The summed E-state index contributed by atoms with van der Waals surface area (Å²) in [7, 11) is 0. The van der Waals surface area contributed by atoms with E-state index in [1.54, 1.807) is 0 Å². The Kier molecular flexibility index (Phi) is 276. The van der Waals surface area contributed by atoms with Crippen LogP contribution >= 0.6 is 232 Å². The Morgan fingerprint density at radius 2 is 0.344 bits per heavy atom. The van der Waals surface area contributed by atoms with E-state index in [-0.39, 0.29) is 54.7 Å². The zero-order valence-electron chi connectivity index (χ0n) is 15.7. The second kappa shape index (κ2) is 134. The molecule has 0 aliphatic carbocycles. The molecule has 0 aromatic rings. The summed E-state index contributed by atoms with van der Waals surface area (Å²) in [5, 5.41) is 9.63. The van der Waals surface area contributed by atoms with Gasteiger partial charge in [-0.15, -0.1) is 232 Å². The summed E-state index contributed by atoms with van der Waals surface area (Å²) in [6.07, 6.45) is 0. The minimum absolute atomic E-state index is 0.164. The minimum Gasteiger partial charge on any atom is -0.394 e. The number of aliphatic hydroxyl groups is 1. The average molecular weight is 879 g/mol. The van der Waals surface area contributed by atoms with Crippen molar-refractivity contribution in [3.63, 3.8) is 0 Å². The molecule has 212 valence electrons. The molecule has 0 amide bonds. The van der Waals surface area contributed by atoms with E-state index in [2.05, 4.69) is 0 Å². The van der Waals surface area contributed by atoms with E-state index in [0.29, 0.717) is 0 Å². The van der Waals surface area contributed by atoms with Crippen LogP contribution in [0.3, 0.4) is 0 Å². The van der Waals surface area contributed by atoms with Crippen molar-refractivity contribution in [2.24, 2.45) is 0 Å². The summed E-state index contributed by atoms with van der Waals surface area (Å²) < 4.78 is 0. The lowest BCUT2D eigenvalue weighted by molar-refractivity contribution is 0.313. The van der Waals surface area contributed by atoms with E-state index < -0.39 is 4.84 Å². The highest BCUT2D eigenvalue weighted by atomic mass is 35.6. The van der Waals surface area contributed by atoms with Gasteiger partial charge in [0.25, 0.3) is 0 Å². The first-order valence-corrected chi connectivity index (χ1v) is 16.5. The van der Waals surface area contributed by atoms with Crippen molar-refractivity contribution in [2.45, 2.75) is 4.84 Å². The van der Waals surface area contributed by atoms with Gasteiger partial charge in [0.05, 0.1) is 54.7 Å². The van der Waals surface area contributed by atoms with Gasteiger partial charge in [0, 0.05) is 0 Å². The normalized spacial score (nSPS) is 6.56. The van der Waals surface area contributed by atoms with E-state index in [4.69, 9.17) is 237 Å². The van der Waals surface area contributed by atoms with Gasteiger partial charge >= 0.3 is 0 Å². The summed E-state index contributed by atoms with van der Waals surface area (Å²) in [5.74, 6) is 0. The van der Waals surface area contributed by atoms with Crippen LogP contribution in [0.4, 0.5) is 0 Å². The summed E-state index contributed by atoms with van der Waals surface area (Å²) in [6, 6.07) is 0. The molecule has 32 heavy (non-hydrogen) atoms. The van der Waals surface area contributed by atoms with Crippen LogP contribution in [0.15, 0.2) is 0 Å². The maximum atomic E-state index is 7.88. The molecule has 0 spiro atoms. The molecular formula is C11H22Cl20O. The predicted octanol–water partition coefficient (Wildman–Crippen LogP) is 13.6. The van der Waals surface area contributed by atoms with Gasteiger partial charge in [0.1, 0.15) is 4.84 Å². The summed E-state index contributed by atoms with van der Waals surface area (Å²) in [5.41, 5.74) is 0. The van der Waals surface area contributed by atoms with E-state index >= 15 is 0 Å². The monoisotopic (exact) mass is 870 g/mol. The molecule has 0 saturated heterocycles. The Morgan fingerprint density at radius 3 is 0.344 bits per heavy atom. The number of aliphatic hydroxyl groups excluding tert-OH is 1. The van der Waals surface area contributed by atoms with Crippen LogP contribution < -0.4 is 0 Å². The van der Waals surface area contributed by atoms with Crippen LogP contribution in [0.25, 0.3) is 0 Å².